The molecule has 0 aliphatic carbocycles. The number of pyridine rings is 1. The van der Waals surface area contributed by atoms with Crippen LogP contribution in [0.3, 0.4) is 0 Å². The Morgan fingerprint density at radius 1 is 1.50 bits per heavy atom. The van der Waals surface area contributed by atoms with E-state index in [0.717, 1.165) is 18.5 Å². The first kappa shape index (κ1) is 14.9. The Kier molecular flexibility index (Phi) is 6.09. The summed E-state index contributed by atoms with van der Waals surface area (Å²) >= 11 is 5.90. The average Bonchev–Trinajstić information content (AvgIpc) is 2.37. The lowest BCUT2D eigenvalue weighted by atomic mass is 10.2. The first-order valence-electron chi connectivity index (χ1n) is 5.99. The second-order valence-electron chi connectivity index (χ2n) is 4.10. The zero-order valence-corrected chi connectivity index (χ0v) is 11.8. The summed E-state index contributed by atoms with van der Waals surface area (Å²) in [6.07, 6.45) is 1.58. The number of ether oxygens (including phenoxy) is 1. The molecule has 0 unspecified atom stereocenters. The summed E-state index contributed by atoms with van der Waals surface area (Å²) in [6.45, 7) is 3.29. The minimum Gasteiger partial charge on any atom is -0.385 e. The number of amides is 1. The van der Waals surface area contributed by atoms with Crippen LogP contribution < -0.4 is 0 Å². The van der Waals surface area contributed by atoms with E-state index in [1.54, 1.807) is 31.2 Å². The molecular formula is C13H19ClN2O2. The molecule has 0 bridgehead atoms. The summed E-state index contributed by atoms with van der Waals surface area (Å²) in [5.41, 5.74) is 1.42. The Balaban J connectivity index is 2.73. The maximum atomic E-state index is 12.2. The average molecular weight is 271 g/mol. The normalized spacial score (nSPS) is 10.4. The van der Waals surface area contributed by atoms with E-state index in [0.29, 0.717) is 23.9 Å². The van der Waals surface area contributed by atoms with Crippen LogP contribution in [-0.4, -0.2) is 43.1 Å². The highest BCUT2D eigenvalue weighted by atomic mass is 35.5. The Bertz CT molecular complexity index is 410. The van der Waals surface area contributed by atoms with Crippen molar-refractivity contribution in [1.29, 1.82) is 0 Å². The third-order valence-corrected chi connectivity index (χ3v) is 2.84. The van der Waals surface area contributed by atoms with Crippen LogP contribution in [0.2, 0.25) is 5.15 Å². The van der Waals surface area contributed by atoms with E-state index in [-0.39, 0.29) is 5.91 Å². The standard InChI is InChI=1S/C13H19ClN2O2/c1-4-11-8-10(9-12(14)15-11)13(17)16(2)6-5-7-18-3/h8-9H,4-7H2,1-3H3. The lowest BCUT2D eigenvalue weighted by Gasteiger charge is -2.17. The van der Waals surface area contributed by atoms with Gasteiger partial charge in [0.15, 0.2) is 0 Å². The summed E-state index contributed by atoms with van der Waals surface area (Å²) in [4.78, 5) is 18.0. The largest absolute Gasteiger partial charge is 0.385 e. The lowest BCUT2D eigenvalue weighted by molar-refractivity contribution is 0.0779. The van der Waals surface area contributed by atoms with Crippen molar-refractivity contribution in [2.24, 2.45) is 0 Å². The summed E-state index contributed by atoms with van der Waals surface area (Å²) in [6, 6.07) is 3.40. The summed E-state index contributed by atoms with van der Waals surface area (Å²) in [7, 11) is 3.43. The predicted molar refractivity (Wildman–Crippen MR) is 72.1 cm³/mol. The summed E-state index contributed by atoms with van der Waals surface area (Å²) < 4.78 is 4.96. The van der Waals surface area contributed by atoms with Gasteiger partial charge in [0.1, 0.15) is 5.15 Å². The number of methoxy groups -OCH3 is 1. The number of carbonyl (C=O) groups is 1. The molecule has 100 valence electrons. The molecular weight excluding hydrogens is 252 g/mol. The third kappa shape index (κ3) is 4.27. The van der Waals surface area contributed by atoms with Gasteiger partial charge in [-0.1, -0.05) is 18.5 Å². The summed E-state index contributed by atoms with van der Waals surface area (Å²) in [5, 5.41) is 0.364. The van der Waals surface area contributed by atoms with Gasteiger partial charge >= 0.3 is 0 Å². The van der Waals surface area contributed by atoms with Crippen molar-refractivity contribution < 1.29 is 9.53 Å². The molecule has 1 aromatic rings. The molecule has 1 aromatic heterocycles. The maximum Gasteiger partial charge on any atom is 0.253 e. The van der Waals surface area contributed by atoms with Crippen LogP contribution >= 0.6 is 11.6 Å². The molecule has 0 aromatic carbocycles. The van der Waals surface area contributed by atoms with Gasteiger partial charge in [0.25, 0.3) is 5.91 Å². The van der Waals surface area contributed by atoms with Gasteiger partial charge in [-0.05, 0) is 25.0 Å². The van der Waals surface area contributed by atoms with Gasteiger partial charge in [-0.15, -0.1) is 0 Å². The van der Waals surface area contributed by atoms with Gasteiger partial charge < -0.3 is 9.64 Å². The minimum absolute atomic E-state index is 0.0369. The van der Waals surface area contributed by atoms with Crippen molar-refractivity contribution >= 4 is 17.5 Å². The highest BCUT2D eigenvalue weighted by Gasteiger charge is 2.13. The van der Waals surface area contributed by atoms with Crippen molar-refractivity contribution in [2.75, 3.05) is 27.3 Å². The van der Waals surface area contributed by atoms with Crippen molar-refractivity contribution in [3.63, 3.8) is 0 Å². The Labute approximate surface area is 113 Å². The number of aryl methyl sites for hydroxylation is 1. The van der Waals surface area contributed by atoms with Gasteiger partial charge in [-0.3, -0.25) is 4.79 Å². The van der Waals surface area contributed by atoms with Gasteiger partial charge in [0.2, 0.25) is 0 Å². The molecule has 0 saturated carbocycles. The molecule has 5 heteroatoms. The molecule has 0 N–H and O–H groups in total. The summed E-state index contributed by atoms with van der Waals surface area (Å²) in [5.74, 6) is -0.0369. The molecule has 18 heavy (non-hydrogen) atoms. The predicted octanol–water partition coefficient (Wildman–Crippen LogP) is 2.41. The molecule has 0 spiro atoms. The van der Waals surface area contributed by atoms with E-state index in [2.05, 4.69) is 4.98 Å². The number of rotatable bonds is 6. The fourth-order valence-corrected chi connectivity index (χ4v) is 1.85. The molecule has 0 aliphatic heterocycles. The van der Waals surface area contributed by atoms with E-state index in [9.17, 15) is 4.79 Å². The zero-order valence-electron chi connectivity index (χ0n) is 11.1. The smallest absolute Gasteiger partial charge is 0.253 e. The molecule has 1 rings (SSSR count). The Hall–Kier alpha value is -1.13. The van der Waals surface area contributed by atoms with Gasteiger partial charge in [-0.2, -0.15) is 0 Å². The number of carbonyl (C=O) groups excluding carboxylic acids is 1. The van der Waals surface area contributed by atoms with E-state index < -0.39 is 0 Å². The van der Waals surface area contributed by atoms with E-state index in [4.69, 9.17) is 16.3 Å². The zero-order chi connectivity index (χ0) is 13.5. The highest BCUT2D eigenvalue weighted by Crippen LogP contribution is 2.13. The van der Waals surface area contributed by atoms with Crippen molar-refractivity contribution in [2.45, 2.75) is 19.8 Å². The third-order valence-electron chi connectivity index (χ3n) is 2.65. The maximum absolute atomic E-state index is 12.2. The number of hydrogen-bond acceptors (Lipinski definition) is 3. The van der Waals surface area contributed by atoms with Crippen LogP contribution in [0.1, 0.15) is 29.4 Å². The Morgan fingerprint density at radius 3 is 2.83 bits per heavy atom. The topological polar surface area (TPSA) is 42.4 Å². The van der Waals surface area contributed by atoms with Crippen LogP contribution in [0, 0.1) is 0 Å². The fraction of sp³-hybridized carbons (Fsp3) is 0.538. The van der Waals surface area contributed by atoms with Crippen LogP contribution in [0.25, 0.3) is 0 Å². The monoisotopic (exact) mass is 270 g/mol. The second-order valence-corrected chi connectivity index (χ2v) is 4.48. The molecule has 0 radical (unpaired) electrons. The molecule has 1 amide bonds. The van der Waals surface area contributed by atoms with Crippen LogP contribution in [0.15, 0.2) is 12.1 Å². The molecule has 1 heterocycles. The highest BCUT2D eigenvalue weighted by molar-refractivity contribution is 6.29. The van der Waals surface area contributed by atoms with Crippen molar-refractivity contribution in [1.82, 2.24) is 9.88 Å². The van der Waals surface area contributed by atoms with Crippen molar-refractivity contribution in [3.05, 3.63) is 28.5 Å². The molecule has 4 nitrogen and oxygen atoms in total. The van der Waals surface area contributed by atoms with Gasteiger partial charge in [-0.25, -0.2) is 4.98 Å². The lowest BCUT2D eigenvalue weighted by Crippen LogP contribution is -2.28. The Morgan fingerprint density at radius 2 is 2.22 bits per heavy atom. The minimum atomic E-state index is -0.0369. The number of nitrogens with zero attached hydrogens (tertiary/aromatic N) is 2. The number of halogens is 1. The molecule has 0 atom stereocenters. The van der Waals surface area contributed by atoms with Crippen LogP contribution in [-0.2, 0) is 11.2 Å². The fourth-order valence-electron chi connectivity index (χ4n) is 1.62. The number of aromatic nitrogens is 1. The van der Waals surface area contributed by atoms with Crippen LogP contribution in [0.4, 0.5) is 0 Å². The SMILES string of the molecule is CCc1cc(C(=O)N(C)CCCOC)cc(Cl)n1. The van der Waals surface area contributed by atoms with Gasteiger partial charge in [0.05, 0.1) is 0 Å². The second kappa shape index (κ2) is 7.34. The number of hydrogen-bond donors (Lipinski definition) is 0. The van der Waals surface area contributed by atoms with E-state index in [1.807, 2.05) is 6.92 Å². The molecule has 0 fully saturated rings. The van der Waals surface area contributed by atoms with E-state index >= 15 is 0 Å². The molecule has 0 saturated heterocycles. The van der Waals surface area contributed by atoms with Gasteiger partial charge in [0, 0.05) is 38.6 Å². The van der Waals surface area contributed by atoms with E-state index in [1.165, 1.54) is 0 Å². The first-order chi connectivity index (χ1) is 8.58. The van der Waals surface area contributed by atoms with Crippen molar-refractivity contribution in [3.8, 4) is 0 Å². The quantitative estimate of drug-likeness (QED) is 0.589. The van der Waals surface area contributed by atoms with Crippen LogP contribution in [0.5, 0.6) is 0 Å². The first-order valence-corrected chi connectivity index (χ1v) is 6.37. The molecule has 0 aliphatic rings.